The Labute approximate surface area is 155 Å². The Kier molecular flexibility index (Phi) is 4.39. The van der Waals surface area contributed by atoms with Gasteiger partial charge in [0.25, 0.3) is 5.69 Å². The number of rotatable bonds is 3. The largest absolute Gasteiger partial charge is 0.385 e. The third-order valence-electron chi connectivity index (χ3n) is 5.92. The van der Waals surface area contributed by atoms with Gasteiger partial charge in [-0.2, -0.15) is 0 Å². The number of nitrogens with zero attached hydrogens (tertiary/aromatic N) is 2. The summed E-state index contributed by atoms with van der Waals surface area (Å²) in [6.45, 7) is 0. The molecule has 0 saturated heterocycles. The Balaban J connectivity index is 1.95. The minimum atomic E-state index is -1.20. The summed E-state index contributed by atoms with van der Waals surface area (Å²) in [5, 5.41) is 35.4. The number of non-ortho nitro benzene ring substituents is 1. The van der Waals surface area contributed by atoms with Crippen LogP contribution in [0.15, 0.2) is 48.0 Å². The molecule has 1 saturated carbocycles. The van der Waals surface area contributed by atoms with E-state index in [1.807, 2.05) is 12.1 Å². The third-order valence-corrected chi connectivity index (χ3v) is 5.92. The Morgan fingerprint density at radius 2 is 1.89 bits per heavy atom. The lowest BCUT2D eigenvalue weighted by atomic mass is 9.66. The van der Waals surface area contributed by atoms with E-state index in [-0.39, 0.29) is 11.6 Å². The van der Waals surface area contributed by atoms with Gasteiger partial charge in [0, 0.05) is 29.4 Å². The number of aliphatic hydroxyl groups excluding tert-OH is 1. The van der Waals surface area contributed by atoms with Crippen LogP contribution in [0.1, 0.15) is 37.2 Å². The summed E-state index contributed by atoms with van der Waals surface area (Å²) in [5.74, 6) is -0.551. The number of nitro benzene ring substituents is 1. The number of fused-ring (bicyclic) bond motifs is 2. The lowest BCUT2D eigenvalue weighted by Gasteiger charge is -2.40. The molecule has 0 aliphatic heterocycles. The maximum atomic E-state index is 11.6. The maximum absolute atomic E-state index is 11.6. The van der Waals surface area contributed by atoms with Crippen molar-refractivity contribution in [2.75, 3.05) is 0 Å². The number of allylic oxidation sites excluding steroid dienone is 1. The van der Waals surface area contributed by atoms with E-state index in [1.165, 1.54) is 12.1 Å². The van der Waals surface area contributed by atoms with E-state index in [0.717, 1.165) is 30.2 Å². The van der Waals surface area contributed by atoms with Gasteiger partial charge in [-0.15, -0.1) is 0 Å². The van der Waals surface area contributed by atoms with Crippen molar-refractivity contribution in [1.29, 1.82) is 0 Å². The first-order valence-electron chi connectivity index (χ1n) is 9.16. The van der Waals surface area contributed by atoms with Crippen molar-refractivity contribution in [3.05, 3.63) is 73.8 Å². The number of aliphatic hydroxyl groups is 1. The summed E-state index contributed by atoms with van der Waals surface area (Å²) in [7, 11) is 0. The van der Waals surface area contributed by atoms with E-state index in [9.17, 15) is 25.3 Å². The minimum absolute atomic E-state index is 0.0422. The quantitative estimate of drug-likeness (QED) is 0.501. The highest BCUT2D eigenvalue weighted by Gasteiger charge is 2.48. The average molecular weight is 368 g/mol. The lowest BCUT2D eigenvalue weighted by molar-refractivity contribution is -0.539. The molecular formula is C20H20N2O5. The molecule has 2 aliphatic rings. The molecule has 0 heterocycles. The fourth-order valence-corrected chi connectivity index (χ4v) is 4.71. The summed E-state index contributed by atoms with van der Waals surface area (Å²) < 4.78 is 0. The number of benzene rings is 2. The van der Waals surface area contributed by atoms with Crippen LogP contribution in [0.3, 0.4) is 0 Å². The lowest BCUT2D eigenvalue weighted by Crippen LogP contribution is -2.46. The van der Waals surface area contributed by atoms with E-state index >= 15 is 0 Å². The molecule has 4 unspecified atom stereocenters. The molecule has 1 fully saturated rings. The van der Waals surface area contributed by atoms with Crippen molar-refractivity contribution in [3.63, 3.8) is 0 Å². The average Bonchev–Trinajstić information content (AvgIpc) is 2.66. The highest BCUT2D eigenvalue weighted by Crippen LogP contribution is 2.48. The second-order valence-electron chi connectivity index (χ2n) is 7.40. The van der Waals surface area contributed by atoms with Gasteiger partial charge in [-0.1, -0.05) is 35.9 Å². The zero-order valence-electron chi connectivity index (χ0n) is 14.7. The van der Waals surface area contributed by atoms with Gasteiger partial charge in [0.2, 0.25) is 6.04 Å². The van der Waals surface area contributed by atoms with Crippen LogP contribution >= 0.6 is 0 Å². The summed E-state index contributed by atoms with van der Waals surface area (Å²) >= 11 is 0. The van der Waals surface area contributed by atoms with Gasteiger partial charge >= 0.3 is 0 Å². The van der Waals surface area contributed by atoms with Crippen LogP contribution in [0, 0.1) is 26.1 Å². The van der Waals surface area contributed by atoms with Crippen LogP contribution in [-0.4, -0.2) is 27.1 Å². The van der Waals surface area contributed by atoms with Gasteiger partial charge in [0.05, 0.1) is 4.92 Å². The van der Waals surface area contributed by atoms with E-state index in [1.54, 1.807) is 12.1 Å². The molecule has 4 atom stereocenters. The van der Waals surface area contributed by atoms with Crippen molar-refractivity contribution < 1.29 is 15.0 Å². The molecule has 0 bridgehead atoms. The van der Waals surface area contributed by atoms with Crippen LogP contribution in [-0.2, 0) is 0 Å². The highest BCUT2D eigenvalue weighted by atomic mass is 16.6. The summed E-state index contributed by atoms with van der Waals surface area (Å²) in [5.41, 5.74) is 1.54. The Morgan fingerprint density at radius 3 is 2.63 bits per heavy atom. The molecule has 0 amide bonds. The Bertz CT molecular complexity index is 955. The van der Waals surface area contributed by atoms with Crippen LogP contribution < -0.4 is 0 Å². The fourth-order valence-electron chi connectivity index (χ4n) is 4.71. The predicted molar refractivity (Wildman–Crippen MR) is 100 cm³/mol. The molecule has 140 valence electrons. The second kappa shape index (κ2) is 6.74. The van der Waals surface area contributed by atoms with Crippen LogP contribution in [0.5, 0.6) is 0 Å². The van der Waals surface area contributed by atoms with Gasteiger partial charge in [0.15, 0.2) is 0 Å². The molecule has 1 N–H and O–H groups in total. The van der Waals surface area contributed by atoms with Crippen molar-refractivity contribution in [3.8, 4) is 0 Å². The molecule has 2 aromatic carbocycles. The molecule has 0 aromatic heterocycles. The minimum Gasteiger partial charge on any atom is -0.385 e. The topological polar surface area (TPSA) is 107 Å². The monoisotopic (exact) mass is 368 g/mol. The second-order valence-corrected chi connectivity index (χ2v) is 7.40. The van der Waals surface area contributed by atoms with Crippen molar-refractivity contribution in [2.45, 2.75) is 43.7 Å². The van der Waals surface area contributed by atoms with Gasteiger partial charge < -0.3 is 5.11 Å². The maximum Gasteiger partial charge on any atom is 0.270 e. The molecule has 0 spiro atoms. The van der Waals surface area contributed by atoms with Crippen LogP contribution in [0.2, 0.25) is 0 Å². The molecular weight excluding hydrogens is 348 g/mol. The van der Waals surface area contributed by atoms with E-state index in [4.69, 9.17) is 0 Å². The number of hydrogen-bond acceptors (Lipinski definition) is 5. The fraction of sp³-hybridized carbons (Fsp3) is 0.400. The van der Waals surface area contributed by atoms with Gasteiger partial charge in [-0.05, 0) is 41.5 Å². The number of nitro groups is 2. The number of hydrogen-bond donors (Lipinski definition) is 1. The first-order valence-corrected chi connectivity index (χ1v) is 9.16. The molecule has 0 radical (unpaired) electrons. The summed E-state index contributed by atoms with van der Waals surface area (Å²) in [6.07, 6.45) is 3.88. The zero-order chi connectivity index (χ0) is 19.1. The van der Waals surface area contributed by atoms with Crippen molar-refractivity contribution in [1.82, 2.24) is 0 Å². The molecule has 7 nitrogen and oxygen atoms in total. The van der Waals surface area contributed by atoms with Crippen LogP contribution in [0.4, 0.5) is 5.69 Å². The Morgan fingerprint density at radius 1 is 1.11 bits per heavy atom. The van der Waals surface area contributed by atoms with Gasteiger partial charge in [-0.3, -0.25) is 20.2 Å². The molecule has 2 aliphatic carbocycles. The first-order chi connectivity index (χ1) is 13.0. The molecule has 27 heavy (non-hydrogen) atoms. The van der Waals surface area contributed by atoms with E-state index in [0.29, 0.717) is 17.4 Å². The third kappa shape index (κ3) is 2.98. The van der Waals surface area contributed by atoms with E-state index in [2.05, 4.69) is 6.08 Å². The molecule has 4 rings (SSSR count). The van der Waals surface area contributed by atoms with Crippen molar-refractivity contribution >= 4 is 16.5 Å². The molecule has 2 aromatic rings. The first kappa shape index (κ1) is 17.6. The van der Waals surface area contributed by atoms with Crippen LogP contribution in [0.25, 0.3) is 10.8 Å². The standard InChI is InChI=1S/C20H20N2O5/c23-20-18(22(26)27)10-13-6-2-4-8-16(13)19(20)17-11-14(21(24)25)9-12-5-1-3-7-15(12)17/h1,3,5,7-9,11,13,18-20,23H,2,4,6,10H2. The predicted octanol–water partition coefficient (Wildman–Crippen LogP) is 3.97. The zero-order valence-corrected chi connectivity index (χ0v) is 14.7. The Hall–Kier alpha value is -2.80. The highest BCUT2D eigenvalue weighted by molar-refractivity contribution is 5.89. The van der Waals surface area contributed by atoms with Gasteiger partial charge in [-0.25, -0.2) is 0 Å². The summed E-state index contributed by atoms with van der Waals surface area (Å²) in [4.78, 5) is 22.2. The van der Waals surface area contributed by atoms with Gasteiger partial charge in [0.1, 0.15) is 6.10 Å². The normalized spacial score (nSPS) is 27.7. The van der Waals surface area contributed by atoms with E-state index < -0.39 is 27.9 Å². The summed E-state index contributed by atoms with van der Waals surface area (Å²) in [6, 6.07) is 9.21. The SMILES string of the molecule is O=[N+]([O-])c1cc(C2C3=CCCCC3CC([N+](=O)[O-])C2O)c2ccccc2c1. The van der Waals surface area contributed by atoms with Crippen molar-refractivity contribution in [2.24, 2.45) is 5.92 Å². The molecule has 7 heteroatoms. The smallest absolute Gasteiger partial charge is 0.270 e.